The molecule has 2 heteroatoms. The molecule has 2 nitrogen and oxygen atoms in total. The molecular formula is C65H48N2. The van der Waals surface area contributed by atoms with Crippen molar-refractivity contribution in [1.29, 1.82) is 0 Å². The van der Waals surface area contributed by atoms with E-state index in [9.17, 15) is 0 Å². The maximum atomic E-state index is 2.45. The first-order valence-corrected chi connectivity index (χ1v) is 23.8. The highest BCUT2D eigenvalue weighted by atomic mass is 15.1. The summed E-state index contributed by atoms with van der Waals surface area (Å²) >= 11 is 0. The van der Waals surface area contributed by atoms with E-state index in [4.69, 9.17) is 0 Å². The molecule has 0 heterocycles. The van der Waals surface area contributed by atoms with Crippen LogP contribution < -0.4 is 9.80 Å². The van der Waals surface area contributed by atoms with E-state index >= 15 is 0 Å². The fraction of sp³-hybridized carbons (Fsp3) is 0.0769. The molecule has 0 aromatic heterocycles. The van der Waals surface area contributed by atoms with Crippen molar-refractivity contribution >= 4 is 66.4 Å². The number of nitrogens with zero attached hydrogens (tertiary/aromatic N) is 2. The van der Waals surface area contributed by atoms with Gasteiger partial charge in [0.1, 0.15) is 0 Å². The Hall–Kier alpha value is -8.20. The molecule has 0 N–H and O–H groups in total. The fourth-order valence-electron chi connectivity index (χ4n) is 11.7. The predicted molar refractivity (Wildman–Crippen MR) is 283 cm³/mol. The smallest absolute Gasteiger partial charge is 0.0737 e. The van der Waals surface area contributed by atoms with Crippen LogP contribution in [0.1, 0.15) is 47.2 Å². The van der Waals surface area contributed by atoms with Crippen LogP contribution in [0.25, 0.3) is 54.6 Å². The van der Waals surface area contributed by atoms with Crippen LogP contribution >= 0.6 is 0 Å². The van der Waals surface area contributed by atoms with Gasteiger partial charge in [0.05, 0.1) is 5.41 Å². The van der Waals surface area contributed by atoms with Gasteiger partial charge in [0.15, 0.2) is 0 Å². The standard InChI is InChI=1S/C65H48N2/c1-3-43-23-30-50(31-24-43)66(48-16-7-5-8-17-48)52-34-38-55-46(41-52)27-36-57-58-37-28-47-42-53(67(49-18-9-6-10-19-49)51-32-25-44(4-2)26-33-51)35-39-56(47)64(58)65(63(55)57)60-22-14-13-21-59(60)62-54-20-12-11-15-45(54)29-40-61(62)65/h5-42H,3-4H2,1-2H3. The van der Waals surface area contributed by atoms with Gasteiger partial charge in [0, 0.05) is 34.1 Å². The Morgan fingerprint density at radius 3 is 1.30 bits per heavy atom. The Bertz CT molecular complexity index is 3520. The SMILES string of the molecule is CCc1ccc(N(c2ccccc2)c2ccc3c4c(ccc3c2)-c2ccc3cc(N(c5ccccc5)c5ccc(CC)cc5)ccc3c2C42c3ccccc3-c3c2ccc2ccccc32)cc1. The Kier molecular flexibility index (Phi) is 9.05. The van der Waals surface area contributed by atoms with Crippen LogP contribution in [0, 0.1) is 0 Å². The number of hydrogen-bond acceptors (Lipinski definition) is 2. The predicted octanol–water partition coefficient (Wildman–Crippen LogP) is 17.6. The van der Waals surface area contributed by atoms with Crippen LogP contribution in [0.3, 0.4) is 0 Å². The topological polar surface area (TPSA) is 6.48 Å². The highest BCUT2D eigenvalue weighted by molar-refractivity contribution is 6.13. The summed E-state index contributed by atoms with van der Waals surface area (Å²) in [5.74, 6) is 0. The Morgan fingerprint density at radius 2 is 0.761 bits per heavy atom. The summed E-state index contributed by atoms with van der Waals surface area (Å²) in [6.45, 7) is 4.43. The van der Waals surface area contributed by atoms with Crippen molar-refractivity contribution in [2.45, 2.75) is 32.1 Å². The van der Waals surface area contributed by atoms with Crippen LogP contribution in [-0.2, 0) is 18.3 Å². The molecule has 0 amide bonds. The van der Waals surface area contributed by atoms with Gasteiger partial charge in [0.25, 0.3) is 0 Å². The minimum absolute atomic E-state index is 0.577. The molecular weight excluding hydrogens is 809 g/mol. The van der Waals surface area contributed by atoms with E-state index in [1.807, 2.05) is 0 Å². The summed E-state index contributed by atoms with van der Waals surface area (Å²) < 4.78 is 0. The lowest BCUT2D eigenvalue weighted by molar-refractivity contribution is 0.810. The van der Waals surface area contributed by atoms with Crippen LogP contribution in [-0.4, -0.2) is 0 Å². The highest BCUT2D eigenvalue weighted by Gasteiger charge is 2.53. The lowest BCUT2D eigenvalue weighted by Gasteiger charge is -2.33. The number of para-hydroxylation sites is 2. The normalized spacial score (nSPS) is 12.9. The first kappa shape index (κ1) is 39.2. The highest BCUT2D eigenvalue weighted by Crippen LogP contribution is 2.66. The molecule has 0 radical (unpaired) electrons. The summed E-state index contributed by atoms with van der Waals surface area (Å²) in [5, 5.41) is 7.55. The maximum Gasteiger partial charge on any atom is 0.0737 e. The lowest BCUT2D eigenvalue weighted by Crippen LogP contribution is -2.26. The van der Waals surface area contributed by atoms with Crippen LogP contribution in [0.4, 0.5) is 34.1 Å². The van der Waals surface area contributed by atoms with Gasteiger partial charge >= 0.3 is 0 Å². The lowest BCUT2D eigenvalue weighted by atomic mass is 9.68. The maximum absolute atomic E-state index is 2.45. The first-order chi connectivity index (χ1) is 33.1. The molecule has 0 saturated heterocycles. The van der Waals surface area contributed by atoms with Crippen molar-refractivity contribution in [2.24, 2.45) is 0 Å². The van der Waals surface area contributed by atoms with Crippen molar-refractivity contribution in [1.82, 2.24) is 0 Å². The van der Waals surface area contributed by atoms with E-state index in [1.54, 1.807) is 0 Å². The van der Waals surface area contributed by atoms with Crippen molar-refractivity contribution in [3.63, 3.8) is 0 Å². The molecule has 11 aromatic carbocycles. The zero-order valence-corrected chi connectivity index (χ0v) is 37.7. The number of hydrogen-bond donors (Lipinski definition) is 0. The molecule has 0 atom stereocenters. The molecule has 318 valence electrons. The minimum atomic E-state index is -0.577. The Labute approximate surface area is 392 Å². The summed E-state index contributed by atoms with van der Waals surface area (Å²) in [5.41, 5.74) is 19.6. The number of rotatable bonds is 8. The van der Waals surface area contributed by atoms with E-state index in [2.05, 4.69) is 254 Å². The monoisotopic (exact) mass is 856 g/mol. The summed E-state index contributed by atoms with van der Waals surface area (Å²) in [6.07, 6.45) is 2.02. The van der Waals surface area contributed by atoms with E-state index in [0.717, 1.165) is 47.0 Å². The van der Waals surface area contributed by atoms with Crippen molar-refractivity contribution in [2.75, 3.05) is 9.80 Å². The van der Waals surface area contributed by atoms with Crippen LogP contribution in [0.15, 0.2) is 231 Å². The van der Waals surface area contributed by atoms with Crippen molar-refractivity contribution in [3.05, 3.63) is 264 Å². The second-order valence-electron chi connectivity index (χ2n) is 18.2. The van der Waals surface area contributed by atoms with Crippen molar-refractivity contribution in [3.8, 4) is 22.3 Å². The summed E-state index contributed by atoms with van der Waals surface area (Å²) in [7, 11) is 0. The third-order valence-corrected chi connectivity index (χ3v) is 14.7. The van der Waals surface area contributed by atoms with Gasteiger partial charge in [-0.25, -0.2) is 0 Å². The van der Waals surface area contributed by atoms with E-state index < -0.39 is 5.41 Å². The number of benzene rings is 11. The molecule has 0 aliphatic heterocycles. The molecule has 2 aliphatic carbocycles. The van der Waals surface area contributed by atoms with E-state index in [1.165, 1.54) is 88.0 Å². The van der Waals surface area contributed by atoms with E-state index in [0.29, 0.717) is 0 Å². The molecule has 13 rings (SSSR count). The quantitative estimate of drug-likeness (QED) is 0.150. The second kappa shape index (κ2) is 15.5. The second-order valence-corrected chi connectivity index (χ2v) is 18.2. The van der Waals surface area contributed by atoms with E-state index in [-0.39, 0.29) is 0 Å². The van der Waals surface area contributed by atoms with Gasteiger partial charge in [-0.05, 0) is 174 Å². The third-order valence-electron chi connectivity index (χ3n) is 14.7. The van der Waals surface area contributed by atoms with Gasteiger partial charge in [-0.3, -0.25) is 0 Å². The molecule has 11 aromatic rings. The van der Waals surface area contributed by atoms with Gasteiger partial charge in [0.2, 0.25) is 0 Å². The van der Waals surface area contributed by atoms with Gasteiger partial charge in [-0.1, -0.05) is 172 Å². The molecule has 0 unspecified atom stereocenters. The average Bonchev–Trinajstić information content (AvgIpc) is 3.87. The molecule has 2 aliphatic rings. The zero-order valence-electron chi connectivity index (χ0n) is 37.7. The Balaban J connectivity index is 1.08. The third kappa shape index (κ3) is 5.89. The minimum Gasteiger partial charge on any atom is -0.310 e. The van der Waals surface area contributed by atoms with Crippen molar-refractivity contribution < 1.29 is 0 Å². The molecule has 1 spiro atoms. The zero-order chi connectivity index (χ0) is 44.6. The summed E-state index contributed by atoms with van der Waals surface area (Å²) in [4.78, 5) is 4.79. The van der Waals surface area contributed by atoms with Gasteiger partial charge in [-0.2, -0.15) is 0 Å². The fourth-order valence-corrected chi connectivity index (χ4v) is 11.7. The molecule has 0 saturated carbocycles. The van der Waals surface area contributed by atoms with Gasteiger partial charge < -0.3 is 9.80 Å². The van der Waals surface area contributed by atoms with Gasteiger partial charge in [-0.15, -0.1) is 0 Å². The Morgan fingerprint density at radius 1 is 0.313 bits per heavy atom. The number of aryl methyl sites for hydroxylation is 2. The number of anilines is 6. The molecule has 67 heavy (non-hydrogen) atoms. The molecule has 0 fully saturated rings. The average molecular weight is 857 g/mol. The molecule has 0 bridgehead atoms. The number of fused-ring (bicyclic) bond motifs is 16. The van der Waals surface area contributed by atoms with Crippen LogP contribution in [0.2, 0.25) is 0 Å². The van der Waals surface area contributed by atoms with Crippen LogP contribution in [0.5, 0.6) is 0 Å². The summed E-state index contributed by atoms with van der Waals surface area (Å²) in [6, 6.07) is 86.5. The largest absolute Gasteiger partial charge is 0.310 e. The first-order valence-electron chi connectivity index (χ1n) is 23.8.